The maximum absolute atomic E-state index is 12.1. The third-order valence-electron chi connectivity index (χ3n) is 6.57. The van der Waals surface area contributed by atoms with E-state index in [1.54, 1.807) is 0 Å². The minimum atomic E-state index is -0.782. The number of rotatable bonds is 0. The van der Waals surface area contributed by atoms with Crippen LogP contribution >= 0.6 is 0 Å². The van der Waals surface area contributed by atoms with Crippen LogP contribution in [0.25, 0.3) is 0 Å². The molecule has 0 aromatic carbocycles. The first-order valence-corrected chi connectivity index (χ1v) is 7.53. The number of fused-ring (bicyclic) bond motifs is 3. The molecule has 1 aliphatic heterocycles. The molecule has 19 heavy (non-hydrogen) atoms. The molecule has 4 fully saturated rings. The van der Waals surface area contributed by atoms with Crippen molar-refractivity contribution in [2.24, 2.45) is 16.7 Å². The van der Waals surface area contributed by atoms with Gasteiger partial charge in [-0.05, 0) is 50.5 Å². The molecular weight excluding hydrogens is 240 g/mol. The molecule has 0 bridgehead atoms. The first kappa shape index (κ1) is 12.0. The van der Waals surface area contributed by atoms with Crippen molar-refractivity contribution in [1.29, 1.82) is 0 Å². The Morgan fingerprint density at radius 1 is 1.32 bits per heavy atom. The monoisotopic (exact) mass is 262 g/mol. The molecule has 2 unspecified atom stereocenters. The second-order valence-corrected chi connectivity index (χ2v) is 7.49. The highest BCUT2D eigenvalue weighted by Gasteiger charge is 2.70. The Hall–Kier alpha value is -0.830. The lowest BCUT2D eigenvalue weighted by Crippen LogP contribution is -2.57. The molecule has 4 rings (SSSR count). The van der Waals surface area contributed by atoms with Crippen LogP contribution in [0.2, 0.25) is 0 Å². The molecule has 1 spiro atoms. The van der Waals surface area contributed by atoms with Gasteiger partial charge in [0.2, 0.25) is 0 Å². The average molecular weight is 262 g/mol. The molecule has 0 aromatic rings. The summed E-state index contributed by atoms with van der Waals surface area (Å²) in [4.78, 5) is 12.1. The SMILES string of the molecule is C=C1CCC[C@]2(C)CC3OC(=O)C4(CC4)C3C[C@@]12O. The van der Waals surface area contributed by atoms with E-state index < -0.39 is 5.60 Å². The lowest BCUT2D eigenvalue weighted by Gasteiger charge is -2.55. The molecular formula is C16H22O3. The van der Waals surface area contributed by atoms with E-state index in [4.69, 9.17) is 4.74 Å². The molecule has 3 saturated carbocycles. The summed E-state index contributed by atoms with van der Waals surface area (Å²) in [7, 11) is 0. The summed E-state index contributed by atoms with van der Waals surface area (Å²) in [5.41, 5.74) is -0.200. The van der Waals surface area contributed by atoms with Gasteiger partial charge < -0.3 is 9.84 Å². The Labute approximate surface area is 114 Å². The maximum Gasteiger partial charge on any atom is 0.312 e. The highest BCUT2D eigenvalue weighted by molar-refractivity contribution is 5.83. The lowest BCUT2D eigenvalue weighted by atomic mass is 9.52. The van der Waals surface area contributed by atoms with Crippen molar-refractivity contribution < 1.29 is 14.6 Å². The molecule has 0 aromatic heterocycles. The summed E-state index contributed by atoms with van der Waals surface area (Å²) < 4.78 is 5.66. The van der Waals surface area contributed by atoms with Crippen LogP contribution in [0.5, 0.6) is 0 Å². The Balaban J connectivity index is 1.74. The standard InChI is InChI=1S/C16H22O3/c1-10-4-3-5-14(2)9-12-11(8-16(10,14)18)15(6-7-15)13(17)19-12/h11-12,18H,1,3-9H2,2H3/t11?,12?,14-,16-/m1/s1. The number of hydrogen-bond acceptors (Lipinski definition) is 3. The summed E-state index contributed by atoms with van der Waals surface area (Å²) >= 11 is 0. The fourth-order valence-corrected chi connectivity index (χ4v) is 5.02. The van der Waals surface area contributed by atoms with Gasteiger partial charge in [0.1, 0.15) is 6.10 Å². The highest BCUT2D eigenvalue weighted by Crippen LogP contribution is 2.67. The number of carbonyl (C=O) groups is 1. The van der Waals surface area contributed by atoms with Gasteiger partial charge in [-0.3, -0.25) is 4.79 Å². The average Bonchev–Trinajstić information content (AvgIpc) is 3.09. The predicted octanol–water partition coefficient (Wildman–Crippen LogP) is 2.58. The zero-order valence-electron chi connectivity index (χ0n) is 11.6. The summed E-state index contributed by atoms with van der Waals surface area (Å²) in [6, 6.07) is 0. The minimum Gasteiger partial charge on any atom is -0.462 e. The van der Waals surface area contributed by atoms with Crippen LogP contribution in [0.3, 0.4) is 0 Å². The summed E-state index contributed by atoms with van der Waals surface area (Å²) in [5.74, 6) is 0.215. The Kier molecular flexibility index (Phi) is 2.04. The molecule has 0 amide bonds. The Bertz CT molecular complexity index is 478. The molecule has 3 heteroatoms. The minimum absolute atomic E-state index is 0.000964. The van der Waals surface area contributed by atoms with Crippen molar-refractivity contribution in [1.82, 2.24) is 0 Å². The van der Waals surface area contributed by atoms with E-state index in [0.29, 0.717) is 6.42 Å². The van der Waals surface area contributed by atoms with Gasteiger partial charge in [-0.2, -0.15) is 0 Å². The third-order valence-corrected chi connectivity index (χ3v) is 6.57. The van der Waals surface area contributed by atoms with E-state index in [1.165, 1.54) is 0 Å². The predicted molar refractivity (Wildman–Crippen MR) is 70.3 cm³/mol. The van der Waals surface area contributed by atoms with Crippen molar-refractivity contribution in [2.75, 3.05) is 0 Å². The normalized spacial score (nSPS) is 50.6. The van der Waals surface area contributed by atoms with Crippen LogP contribution in [0.15, 0.2) is 12.2 Å². The number of carbonyl (C=O) groups excluding carboxylic acids is 1. The van der Waals surface area contributed by atoms with E-state index in [0.717, 1.165) is 44.1 Å². The van der Waals surface area contributed by atoms with Gasteiger partial charge in [0.25, 0.3) is 0 Å². The van der Waals surface area contributed by atoms with Gasteiger partial charge in [0, 0.05) is 11.3 Å². The van der Waals surface area contributed by atoms with E-state index in [-0.39, 0.29) is 28.8 Å². The quantitative estimate of drug-likeness (QED) is 0.539. The van der Waals surface area contributed by atoms with Crippen molar-refractivity contribution in [3.05, 3.63) is 12.2 Å². The largest absolute Gasteiger partial charge is 0.462 e. The van der Waals surface area contributed by atoms with Crippen LogP contribution in [-0.4, -0.2) is 22.8 Å². The van der Waals surface area contributed by atoms with Crippen molar-refractivity contribution in [3.63, 3.8) is 0 Å². The van der Waals surface area contributed by atoms with Crippen molar-refractivity contribution >= 4 is 5.97 Å². The van der Waals surface area contributed by atoms with E-state index >= 15 is 0 Å². The molecule has 4 atom stereocenters. The van der Waals surface area contributed by atoms with Gasteiger partial charge in [-0.1, -0.05) is 13.5 Å². The summed E-state index contributed by atoms with van der Waals surface area (Å²) in [6.45, 7) is 6.29. The van der Waals surface area contributed by atoms with E-state index in [9.17, 15) is 9.90 Å². The molecule has 0 radical (unpaired) electrons. The molecule has 1 N–H and O–H groups in total. The van der Waals surface area contributed by atoms with Gasteiger partial charge in [0.05, 0.1) is 11.0 Å². The topological polar surface area (TPSA) is 46.5 Å². The van der Waals surface area contributed by atoms with Crippen LogP contribution in [0.1, 0.15) is 51.9 Å². The zero-order valence-corrected chi connectivity index (χ0v) is 11.6. The van der Waals surface area contributed by atoms with Gasteiger partial charge >= 0.3 is 5.97 Å². The van der Waals surface area contributed by atoms with E-state index in [2.05, 4.69) is 13.5 Å². The van der Waals surface area contributed by atoms with Crippen molar-refractivity contribution in [2.45, 2.75) is 63.6 Å². The fraction of sp³-hybridized carbons (Fsp3) is 0.812. The number of ether oxygens (including phenoxy) is 1. The molecule has 1 heterocycles. The van der Waals surface area contributed by atoms with Crippen molar-refractivity contribution in [3.8, 4) is 0 Å². The number of esters is 1. The van der Waals surface area contributed by atoms with Crippen LogP contribution in [0.4, 0.5) is 0 Å². The third kappa shape index (κ3) is 1.25. The lowest BCUT2D eigenvalue weighted by molar-refractivity contribution is -0.155. The van der Waals surface area contributed by atoms with Gasteiger partial charge in [-0.15, -0.1) is 0 Å². The fourth-order valence-electron chi connectivity index (χ4n) is 5.02. The first-order chi connectivity index (χ1) is 8.91. The highest BCUT2D eigenvalue weighted by atomic mass is 16.6. The smallest absolute Gasteiger partial charge is 0.312 e. The molecule has 1 saturated heterocycles. The summed E-state index contributed by atoms with van der Waals surface area (Å²) in [6.07, 6.45) is 6.44. The van der Waals surface area contributed by atoms with Crippen LogP contribution in [0, 0.1) is 16.7 Å². The Morgan fingerprint density at radius 3 is 2.74 bits per heavy atom. The first-order valence-electron chi connectivity index (χ1n) is 7.53. The van der Waals surface area contributed by atoms with Crippen LogP contribution in [-0.2, 0) is 9.53 Å². The molecule has 104 valence electrons. The molecule has 3 nitrogen and oxygen atoms in total. The molecule has 3 aliphatic carbocycles. The zero-order chi connectivity index (χ0) is 13.5. The summed E-state index contributed by atoms with van der Waals surface area (Å²) in [5, 5.41) is 11.2. The second-order valence-electron chi connectivity index (χ2n) is 7.49. The van der Waals surface area contributed by atoms with Gasteiger partial charge in [0.15, 0.2) is 0 Å². The Morgan fingerprint density at radius 2 is 2.05 bits per heavy atom. The van der Waals surface area contributed by atoms with Crippen LogP contribution < -0.4 is 0 Å². The second kappa shape index (κ2) is 3.25. The maximum atomic E-state index is 12.1. The number of aliphatic hydroxyl groups is 1. The van der Waals surface area contributed by atoms with E-state index in [1.807, 2.05) is 0 Å². The molecule has 4 aliphatic rings. The number of hydrogen-bond donors (Lipinski definition) is 1. The van der Waals surface area contributed by atoms with Gasteiger partial charge in [-0.25, -0.2) is 0 Å².